The van der Waals surface area contributed by atoms with Crippen molar-refractivity contribution >= 4 is 67.5 Å². The molecule has 1 heterocycles. The van der Waals surface area contributed by atoms with E-state index in [1.54, 1.807) is 49.6 Å². The van der Waals surface area contributed by atoms with Crippen molar-refractivity contribution in [2.75, 3.05) is 0 Å². The Hall–Kier alpha value is -1.14. The van der Waals surface area contributed by atoms with E-state index in [4.69, 9.17) is 16.1 Å². The normalized spacial score (nSPS) is 13.4. The third kappa shape index (κ3) is 13.4. The maximum Gasteiger partial charge on any atom is 0.339 e. The summed E-state index contributed by atoms with van der Waals surface area (Å²) in [6, 6.07) is 17.1. The van der Waals surface area contributed by atoms with Crippen LogP contribution in [-0.2, 0) is 25.4 Å². The average Bonchev–Trinajstić information content (AvgIpc) is 3.24. The molecule has 0 bridgehead atoms. The molecular weight excluding hydrogens is 550 g/mol. The first-order valence-electron chi connectivity index (χ1n) is 9.37. The third-order valence-electron chi connectivity index (χ3n) is 3.72. The van der Waals surface area contributed by atoms with Gasteiger partial charge in [-0.05, 0) is 76.5 Å². The number of hydrogen-bond acceptors (Lipinski definition) is 6. The van der Waals surface area contributed by atoms with Gasteiger partial charge >= 0.3 is 5.20 Å². The predicted molar refractivity (Wildman–Crippen MR) is 137 cm³/mol. The standard InChI is InChI=1S/C16H17ClNO3P.C4H6N2.Cl3OP/c1-13(18-21-12-14-8-4-2-5-9-14)16(19)22(17,20)15-10-6-3-7-11-15;1-4-5-2-3-6-4;1-5(2,3)4/h2-11,13,18H,12H2,1H3;2-3H,1H3,(H,5,6);. The second-order valence-corrected chi connectivity index (χ2v) is 16.5. The number of H-pyrrole nitrogens is 1. The number of benzene rings is 2. The molecule has 0 saturated carbocycles. The zero-order valence-electron chi connectivity index (χ0n) is 17.7. The highest BCUT2D eigenvalue weighted by atomic mass is 36.0. The van der Waals surface area contributed by atoms with Crippen LogP contribution in [0.15, 0.2) is 73.1 Å². The van der Waals surface area contributed by atoms with Crippen molar-refractivity contribution in [3.05, 3.63) is 84.4 Å². The van der Waals surface area contributed by atoms with Gasteiger partial charge in [-0.3, -0.25) is 18.8 Å². The van der Waals surface area contributed by atoms with Crippen LogP contribution in [0.1, 0.15) is 18.3 Å². The fourth-order valence-electron chi connectivity index (χ4n) is 2.21. The largest absolute Gasteiger partial charge is 0.349 e. The van der Waals surface area contributed by atoms with Crippen molar-refractivity contribution < 1.29 is 18.8 Å². The number of aromatic amines is 1. The van der Waals surface area contributed by atoms with Crippen LogP contribution in [0.4, 0.5) is 0 Å². The van der Waals surface area contributed by atoms with Crippen molar-refractivity contribution in [2.24, 2.45) is 0 Å². The first-order valence-corrected chi connectivity index (χ1v) is 16.4. The number of nitrogens with zero attached hydrogens (tertiary/aromatic N) is 1. The SMILES string of the molecule is CC(NOCc1ccccc1)C(=O)P(=O)(Cl)c1ccccc1.Cc1ncc[nH]1.O=P(Cl)(Cl)Cl. The van der Waals surface area contributed by atoms with E-state index in [2.05, 4.69) is 49.2 Å². The van der Waals surface area contributed by atoms with Crippen LogP contribution in [0.25, 0.3) is 0 Å². The zero-order chi connectivity index (χ0) is 24.9. The van der Waals surface area contributed by atoms with Gasteiger partial charge in [-0.15, -0.1) is 0 Å². The number of halogens is 4. The van der Waals surface area contributed by atoms with Crippen LogP contribution in [0.2, 0.25) is 0 Å². The molecule has 2 aromatic carbocycles. The third-order valence-corrected chi connectivity index (χ3v) is 6.72. The Bertz CT molecular complexity index is 1040. The highest BCUT2D eigenvalue weighted by Crippen LogP contribution is 2.61. The van der Waals surface area contributed by atoms with Crippen molar-refractivity contribution in [1.82, 2.24) is 15.4 Å². The van der Waals surface area contributed by atoms with Gasteiger partial charge in [-0.2, -0.15) is 5.48 Å². The number of carbonyl (C=O) groups excluding carboxylic acids is 1. The second-order valence-electron chi connectivity index (χ2n) is 6.39. The predicted octanol–water partition coefficient (Wildman–Crippen LogP) is 6.99. The summed E-state index contributed by atoms with van der Waals surface area (Å²) >= 11 is 19.9. The Labute approximate surface area is 212 Å². The molecule has 0 saturated heterocycles. The Morgan fingerprint density at radius 2 is 1.55 bits per heavy atom. The van der Waals surface area contributed by atoms with Crippen molar-refractivity contribution in [1.29, 1.82) is 0 Å². The molecule has 3 aromatic rings. The summed E-state index contributed by atoms with van der Waals surface area (Å²) in [7, 11) is 0. The van der Waals surface area contributed by atoms with Gasteiger partial charge in [-0.25, -0.2) is 4.98 Å². The number of carbonyl (C=O) groups is 1. The molecular formula is C20H23Cl4N3O4P2. The van der Waals surface area contributed by atoms with Crippen LogP contribution in [0, 0.1) is 6.92 Å². The lowest BCUT2D eigenvalue weighted by Gasteiger charge is -2.16. The highest BCUT2D eigenvalue weighted by Gasteiger charge is 2.34. The summed E-state index contributed by atoms with van der Waals surface area (Å²) in [5, 5.41) is -2.89. The maximum atomic E-state index is 12.5. The molecule has 0 aliphatic rings. The van der Waals surface area contributed by atoms with E-state index in [0.29, 0.717) is 11.9 Å². The number of imidazole rings is 1. The fourth-order valence-corrected chi connectivity index (χ4v) is 4.35. The molecule has 180 valence electrons. The number of nitrogens with one attached hydrogen (secondary N) is 2. The van der Waals surface area contributed by atoms with E-state index in [9.17, 15) is 13.9 Å². The van der Waals surface area contributed by atoms with Gasteiger partial charge in [0.25, 0.3) is 6.49 Å². The molecule has 2 N–H and O–H groups in total. The second kappa shape index (κ2) is 15.0. The minimum absolute atomic E-state index is 0.302. The van der Waals surface area contributed by atoms with E-state index in [-0.39, 0.29) is 0 Å². The minimum atomic E-state index is -3.61. The molecule has 33 heavy (non-hydrogen) atoms. The quantitative estimate of drug-likeness (QED) is 0.233. The Morgan fingerprint density at radius 1 is 1.03 bits per heavy atom. The first-order chi connectivity index (χ1) is 15.4. The van der Waals surface area contributed by atoms with Crippen LogP contribution < -0.4 is 10.8 Å². The van der Waals surface area contributed by atoms with Gasteiger partial charge in [0.05, 0.1) is 12.6 Å². The van der Waals surface area contributed by atoms with Gasteiger partial charge in [0.15, 0.2) is 0 Å². The Balaban J connectivity index is 0.000000405. The lowest BCUT2D eigenvalue weighted by molar-refractivity contribution is -0.117. The smallest absolute Gasteiger partial charge is 0.339 e. The Kier molecular flexibility index (Phi) is 13.6. The van der Waals surface area contributed by atoms with E-state index in [1.807, 2.05) is 37.3 Å². The molecule has 7 nitrogen and oxygen atoms in total. The summed E-state index contributed by atoms with van der Waals surface area (Å²) < 4.78 is 22.0. The molecule has 2 unspecified atom stereocenters. The fraction of sp³-hybridized carbons (Fsp3) is 0.200. The lowest BCUT2D eigenvalue weighted by atomic mass is 10.2. The minimum Gasteiger partial charge on any atom is -0.349 e. The van der Waals surface area contributed by atoms with Crippen LogP contribution in [0.3, 0.4) is 0 Å². The molecule has 3 rings (SSSR count). The molecule has 2 atom stereocenters. The average molecular weight is 573 g/mol. The summed E-state index contributed by atoms with van der Waals surface area (Å²) in [5.41, 5.74) is 2.99. The van der Waals surface area contributed by atoms with Crippen molar-refractivity contribution in [3.8, 4) is 0 Å². The first kappa shape index (κ1) is 29.9. The number of hydroxylamine groups is 1. The zero-order valence-corrected chi connectivity index (χ0v) is 22.5. The number of aromatic nitrogens is 2. The van der Waals surface area contributed by atoms with Crippen molar-refractivity contribution in [3.63, 3.8) is 0 Å². The number of rotatable bonds is 7. The topological polar surface area (TPSA) is 101 Å². The van der Waals surface area contributed by atoms with Gasteiger partial charge in [-0.1, -0.05) is 48.5 Å². The van der Waals surface area contributed by atoms with E-state index < -0.39 is 23.3 Å². The van der Waals surface area contributed by atoms with E-state index in [1.165, 1.54) is 0 Å². The molecule has 0 amide bonds. The molecule has 0 radical (unpaired) electrons. The molecule has 13 heteroatoms. The summed E-state index contributed by atoms with van der Waals surface area (Å²) in [4.78, 5) is 24.3. The summed E-state index contributed by atoms with van der Waals surface area (Å²) in [6.07, 6.45) is 3.53. The van der Waals surface area contributed by atoms with Gasteiger partial charge < -0.3 is 4.98 Å². The van der Waals surface area contributed by atoms with Gasteiger partial charge in [0.1, 0.15) is 5.82 Å². The van der Waals surface area contributed by atoms with Gasteiger partial charge in [0, 0.05) is 17.7 Å². The number of aryl methyl sites for hydroxylation is 1. The number of hydrogen-bond donors (Lipinski definition) is 2. The van der Waals surface area contributed by atoms with Crippen LogP contribution >= 0.6 is 56.7 Å². The molecule has 0 aliphatic carbocycles. The van der Waals surface area contributed by atoms with Crippen molar-refractivity contribution in [2.45, 2.75) is 26.5 Å². The molecule has 1 aromatic heterocycles. The van der Waals surface area contributed by atoms with Crippen LogP contribution in [0.5, 0.6) is 0 Å². The molecule has 0 spiro atoms. The van der Waals surface area contributed by atoms with Crippen LogP contribution in [-0.4, -0.2) is 21.5 Å². The maximum absolute atomic E-state index is 12.5. The monoisotopic (exact) mass is 571 g/mol. The molecule has 0 aliphatic heterocycles. The lowest BCUT2D eigenvalue weighted by Crippen LogP contribution is -2.34. The summed E-state index contributed by atoms with van der Waals surface area (Å²) in [5.74, 6) is 0.968. The summed E-state index contributed by atoms with van der Waals surface area (Å²) in [6.45, 7) is 0.180. The van der Waals surface area contributed by atoms with Gasteiger partial charge in [0.2, 0.25) is 5.52 Å². The molecule has 0 fully saturated rings. The Morgan fingerprint density at radius 3 is 1.97 bits per heavy atom. The highest BCUT2D eigenvalue weighted by molar-refractivity contribution is 8.24. The van der Waals surface area contributed by atoms with E-state index >= 15 is 0 Å². The van der Waals surface area contributed by atoms with E-state index in [0.717, 1.165) is 11.4 Å².